The van der Waals surface area contributed by atoms with Crippen LogP contribution in [0.1, 0.15) is 55.1 Å². The summed E-state index contributed by atoms with van der Waals surface area (Å²) >= 11 is 0. The highest BCUT2D eigenvalue weighted by molar-refractivity contribution is 5.16. The van der Waals surface area contributed by atoms with Crippen molar-refractivity contribution in [3.8, 4) is 0 Å². The van der Waals surface area contributed by atoms with E-state index in [2.05, 4.69) is 16.4 Å². The van der Waals surface area contributed by atoms with E-state index < -0.39 is 0 Å². The fourth-order valence-electron chi connectivity index (χ4n) is 4.31. The average Bonchev–Trinajstić information content (AvgIpc) is 2.87. The van der Waals surface area contributed by atoms with Gasteiger partial charge in [-0.15, -0.1) is 0 Å². The zero-order valence-electron chi connectivity index (χ0n) is 15.1. The number of benzene rings is 1. The van der Waals surface area contributed by atoms with Gasteiger partial charge in [-0.3, -0.25) is 4.90 Å². The quantitative estimate of drug-likeness (QED) is 0.798. The smallest absolute Gasteiger partial charge is 0.123 e. The molecule has 4 rings (SSSR count). The molecule has 0 spiro atoms. The minimum Gasteiger partial charge on any atom is -0.332 e. The number of halogens is 1. The second kappa shape index (κ2) is 7.28. The molecule has 2 heterocycles. The van der Waals surface area contributed by atoms with Gasteiger partial charge in [0.05, 0.1) is 0 Å². The van der Waals surface area contributed by atoms with E-state index in [9.17, 15) is 4.39 Å². The molecule has 1 aromatic carbocycles. The zero-order valence-corrected chi connectivity index (χ0v) is 15.1. The Morgan fingerprint density at radius 2 is 2.08 bits per heavy atom. The molecule has 1 aliphatic heterocycles. The van der Waals surface area contributed by atoms with Gasteiger partial charge >= 0.3 is 0 Å². The van der Waals surface area contributed by atoms with Crippen molar-refractivity contribution in [3.63, 3.8) is 0 Å². The Balaban J connectivity index is 1.41. The van der Waals surface area contributed by atoms with Crippen LogP contribution in [-0.4, -0.2) is 27.5 Å². The van der Waals surface area contributed by atoms with E-state index in [1.807, 2.05) is 18.3 Å². The van der Waals surface area contributed by atoms with E-state index in [-0.39, 0.29) is 5.82 Å². The molecular formula is C21H28FN3. The van der Waals surface area contributed by atoms with Crippen molar-refractivity contribution in [1.29, 1.82) is 0 Å². The first-order valence-electron chi connectivity index (χ1n) is 9.68. The molecule has 1 aromatic heterocycles. The van der Waals surface area contributed by atoms with Crippen LogP contribution >= 0.6 is 0 Å². The maximum atomic E-state index is 13.4. The Morgan fingerprint density at radius 3 is 2.84 bits per heavy atom. The van der Waals surface area contributed by atoms with Crippen molar-refractivity contribution < 1.29 is 4.39 Å². The van der Waals surface area contributed by atoms with Crippen molar-refractivity contribution in [2.24, 2.45) is 5.92 Å². The Labute approximate surface area is 149 Å². The van der Waals surface area contributed by atoms with Crippen LogP contribution in [0, 0.1) is 18.7 Å². The molecular weight excluding hydrogens is 313 g/mol. The molecule has 3 nitrogen and oxygen atoms in total. The SMILES string of the molecule is Cc1cnc(C2CCC2)n1CC1CCCN(Cc2cccc(F)c2)C1. The van der Waals surface area contributed by atoms with Gasteiger partial charge in [0, 0.05) is 37.4 Å². The molecule has 2 aliphatic rings. The third kappa shape index (κ3) is 3.79. The van der Waals surface area contributed by atoms with Gasteiger partial charge in [0.15, 0.2) is 0 Å². The molecule has 0 amide bonds. The highest BCUT2D eigenvalue weighted by Crippen LogP contribution is 2.36. The van der Waals surface area contributed by atoms with E-state index in [0.29, 0.717) is 11.8 Å². The van der Waals surface area contributed by atoms with Crippen LogP contribution in [0.4, 0.5) is 4.39 Å². The number of aryl methyl sites for hydroxylation is 1. The van der Waals surface area contributed by atoms with Gasteiger partial charge in [0.1, 0.15) is 11.6 Å². The highest BCUT2D eigenvalue weighted by Gasteiger charge is 2.27. The number of aromatic nitrogens is 2. The van der Waals surface area contributed by atoms with Gasteiger partial charge in [0.2, 0.25) is 0 Å². The van der Waals surface area contributed by atoms with Crippen LogP contribution in [0.2, 0.25) is 0 Å². The summed E-state index contributed by atoms with van der Waals surface area (Å²) in [5, 5.41) is 0. The minimum absolute atomic E-state index is 0.134. The predicted octanol–water partition coefficient (Wildman–Crippen LogP) is 4.51. The Kier molecular flexibility index (Phi) is 4.89. The summed E-state index contributed by atoms with van der Waals surface area (Å²) in [4.78, 5) is 7.19. The molecule has 134 valence electrons. The number of nitrogens with zero attached hydrogens (tertiary/aromatic N) is 3. The van der Waals surface area contributed by atoms with Crippen LogP contribution in [0.5, 0.6) is 0 Å². The molecule has 4 heteroatoms. The molecule has 1 saturated heterocycles. The number of hydrogen-bond acceptors (Lipinski definition) is 2. The molecule has 1 saturated carbocycles. The van der Waals surface area contributed by atoms with Gasteiger partial charge in [-0.1, -0.05) is 18.6 Å². The molecule has 2 aromatic rings. The fourth-order valence-corrected chi connectivity index (χ4v) is 4.31. The Hall–Kier alpha value is -1.68. The highest BCUT2D eigenvalue weighted by atomic mass is 19.1. The number of hydrogen-bond donors (Lipinski definition) is 0. The summed E-state index contributed by atoms with van der Waals surface area (Å²) in [6.07, 6.45) is 8.50. The van der Waals surface area contributed by atoms with Gasteiger partial charge in [0.25, 0.3) is 0 Å². The van der Waals surface area contributed by atoms with Crippen LogP contribution in [-0.2, 0) is 13.1 Å². The Bertz CT molecular complexity index is 720. The van der Waals surface area contributed by atoms with E-state index in [4.69, 9.17) is 4.98 Å². The molecule has 0 N–H and O–H groups in total. The summed E-state index contributed by atoms with van der Waals surface area (Å²) in [7, 11) is 0. The number of piperidine rings is 1. The monoisotopic (exact) mass is 341 g/mol. The van der Waals surface area contributed by atoms with Gasteiger partial charge in [-0.25, -0.2) is 9.37 Å². The third-order valence-corrected chi connectivity index (χ3v) is 5.90. The van der Waals surface area contributed by atoms with Crippen LogP contribution in [0.3, 0.4) is 0 Å². The Morgan fingerprint density at radius 1 is 1.20 bits per heavy atom. The standard InChI is InChI=1S/C21H28FN3/c1-16-12-23-21(19-7-3-8-19)25(16)15-18-6-4-10-24(14-18)13-17-5-2-9-20(22)11-17/h2,5,9,11-12,18-19H,3-4,6-8,10,13-15H2,1H3. The first-order valence-corrected chi connectivity index (χ1v) is 9.68. The molecule has 25 heavy (non-hydrogen) atoms. The fraction of sp³-hybridized carbons (Fsp3) is 0.571. The average molecular weight is 341 g/mol. The second-order valence-corrected chi connectivity index (χ2v) is 7.87. The van der Waals surface area contributed by atoms with Gasteiger partial charge < -0.3 is 4.57 Å². The van der Waals surface area contributed by atoms with Crippen LogP contribution in [0.15, 0.2) is 30.5 Å². The van der Waals surface area contributed by atoms with Gasteiger partial charge in [-0.05, 0) is 62.8 Å². The number of imidazole rings is 1. The van der Waals surface area contributed by atoms with Crippen molar-refractivity contribution >= 4 is 0 Å². The predicted molar refractivity (Wildman–Crippen MR) is 98.0 cm³/mol. The number of rotatable bonds is 5. The first-order chi connectivity index (χ1) is 12.2. The van der Waals surface area contributed by atoms with E-state index >= 15 is 0 Å². The molecule has 1 aliphatic carbocycles. The maximum absolute atomic E-state index is 13.4. The normalized spacial score (nSPS) is 22.1. The molecule has 2 fully saturated rings. The summed E-state index contributed by atoms with van der Waals surface area (Å²) < 4.78 is 15.9. The molecule has 0 radical (unpaired) electrons. The summed E-state index contributed by atoms with van der Waals surface area (Å²) in [6.45, 7) is 6.33. The summed E-state index contributed by atoms with van der Waals surface area (Å²) in [6, 6.07) is 7.03. The lowest BCUT2D eigenvalue weighted by Gasteiger charge is -2.34. The van der Waals surface area contributed by atoms with Crippen molar-refractivity contribution in [2.75, 3.05) is 13.1 Å². The van der Waals surface area contributed by atoms with Crippen LogP contribution in [0.25, 0.3) is 0 Å². The topological polar surface area (TPSA) is 21.1 Å². The van der Waals surface area contributed by atoms with Crippen molar-refractivity contribution in [1.82, 2.24) is 14.5 Å². The number of likely N-dealkylation sites (tertiary alicyclic amines) is 1. The van der Waals surface area contributed by atoms with Gasteiger partial charge in [-0.2, -0.15) is 0 Å². The lowest BCUT2D eigenvalue weighted by Crippen LogP contribution is -2.37. The van der Waals surface area contributed by atoms with E-state index in [0.717, 1.165) is 31.7 Å². The van der Waals surface area contributed by atoms with Crippen LogP contribution < -0.4 is 0 Å². The largest absolute Gasteiger partial charge is 0.332 e. The summed E-state index contributed by atoms with van der Waals surface area (Å²) in [5.41, 5.74) is 2.37. The van der Waals surface area contributed by atoms with Crippen molar-refractivity contribution in [2.45, 2.75) is 58.0 Å². The van der Waals surface area contributed by atoms with E-state index in [1.165, 1.54) is 49.7 Å². The lowest BCUT2D eigenvalue weighted by atomic mass is 9.84. The third-order valence-electron chi connectivity index (χ3n) is 5.90. The minimum atomic E-state index is -0.134. The maximum Gasteiger partial charge on any atom is 0.123 e. The van der Waals surface area contributed by atoms with Crippen molar-refractivity contribution in [3.05, 3.63) is 53.4 Å². The first kappa shape index (κ1) is 16.8. The molecule has 0 bridgehead atoms. The summed E-state index contributed by atoms with van der Waals surface area (Å²) in [5.74, 6) is 2.52. The molecule has 1 atom stereocenters. The molecule has 1 unspecified atom stereocenters. The zero-order chi connectivity index (χ0) is 17.2. The van der Waals surface area contributed by atoms with E-state index in [1.54, 1.807) is 6.07 Å². The second-order valence-electron chi connectivity index (χ2n) is 7.87. The lowest BCUT2D eigenvalue weighted by molar-refractivity contribution is 0.154.